The topological polar surface area (TPSA) is 23.5 Å². The van der Waals surface area contributed by atoms with Crippen LogP contribution in [0.1, 0.15) is 50.7 Å². The van der Waals surface area contributed by atoms with Crippen LogP contribution in [-0.2, 0) is 6.61 Å². The lowest BCUT2D eigenvalue weighted by Gasteiger charge is -2.42. The van der Waals surface area contributed by atoms with Crippen LogP contribution in [0.25, 0.3) is 0 Å². The molecule has 1 aliphatic rings. The van der Waals surface area contributed by atoms with E-state index in [1.807, 2.05) is 6.07 Å². The molecule has 1 fully saturated rings. The maximum absolute atomic E-state index is 9.18. The highest BCUT2D eigenvalue weighted by Crippen LogP contribution is 2.39. The van der Waals surface area contributed by atoms with E-state index in [1.54, 1.807) is 0 Å². The summed E-state index contributed by atoms with van der Waals surface area (Å²) < 4.78 is 0. The molecule has 1 saturated heterocycles. The number of aliphatic hydroxyl groups excluding tert-OH is 1. The van der Waals surface area contributed by atoms with Crippen LogP contribution < -0.4 is 4.90 Å². The molecule has 0 unspecified atom stereocenters. The molecule has 0 bridgehead atoms. The Bertz CT molecular complexity index is 413. The van der Waals surface area contributed by atoms with E-state index < -0.39 is 0 Å². The summed E-state index contributed by atoms with van der Waals surface area (Å²) in [7, 11) is 0. The monoisotopic (exact) mass is 261 g/mol. The second-order valence-corrected chi connectivity index (χ2v) is 5.97. The number of benzene rings is 1. The van der Waals surface area contributed by atoms with Crippen molar-refractivity contribution in [3.05, 3.63) is 29.3 Å². The maximum Gasteiger partial charge on any atom is 0.0681 e. The zero-order valence-electron chi connectivity index (χ0n) is 12.6. The van der Waals surface area contributed by atoms with E-state index in [0.29, 0.717) is 5.41 Å². The SMILES string of the molecule is CCC1(CC)CCN(c2ccc(CO)cc2C)CC1. The van der Waals surface area contributed by atoms with Crippen molar-refractivity contribution in [2.45, 2.75) is 53.1 Å². The highest BCUT2D eigenvalue weighted by Gasteiger charge is 2.31. The van der Waals surface area contributed by atoms with Gasteiger partial charge in [0, 0.05) is 18.8 Å². The molecule has 1 aromatic carbocycles. The lowest BCUT2D eigenvalue weighted by Crippen LogP contribution is -2.39. The summed E-state index contributed by atoms with van der Waals surface area (Å²) >= 11 is 0. The van der Waals surface area contributed by atoms with Gasteiger partial charge in [-0.05, 0) is 42.4 Å². The minimum absolute atomic E-state index is 0.135. The molecule has 1 heterocycles. The van der Waals surface area contributed by atoms with E-state index in [4.69, 9.17) is 0 Å². The summed E-state index contributed by atoms with van der Waals surface area (Å²) in [5.41, 5.74) is 4.22. The molecule has 1 aromatic rings. The van der Waals surface area contributed by atoms with E-state index >= 15 is 0 Å². The Morgan fingerprint density at radius 3 is 2.26 bits per heavy atom. The Morgan fingerprint density at radius 1 is 1.16 bits per heavy atom. The van der Waals surface area contributed by atoms with Crippen molar-refractivity contribution < 1.29 is 5.11 Å². The van der Waals surface area contributed by atoms with E-state index in [2.05, 4.69) is 37.8 Å². The second kappa shape index (κ2) is 5.96. The molecule has 0 radical (unpaired) electrons. The summed E-state index contributed by atoms with van der Waals surface area (Å²) in [6.07, 6.45) is 5.22. The summed E-state index contributed by atoms with van der Waals surface area (Å²) in [4.78, 5) is 2.51. The van der Waals surface area contributed by atoms with Gasteiger partial charge in [-0.3, -0.25) is 0 Å². The molecule has 0 amide bonds. The van der Waals surface area contributed by atoms with Gasteiger partial charge < -0.3 is 10.0 Å². The fraction of sp³-hybridized carbons (Fsp3) is 0.647. The third-order valence-corrected chi connectivity index (χ3v) is 5.11. The van der Waals surface area contributed by atoms with Crippen LogP contribution in [0.3, 0.4) is 0 Å². The van der Waals surface area contributed by atoms with Gasteiger partial charge in [-0.15, -0.1) is 0 Å². The summed E-state index contributed by atoms with van der Waals surface area (Å²) in [6, 6.07) is 6.33. The van der Waals surface area contributed by atoms with Crippen LogP contribution in [0.15, 0.2) is 18.2 Å². The van der Waals surface area contributed by atoms with Gasteiger partial charge in [-0.25, -0.2) is 0 Å². The molecule has 1 aliphatic heterocycles. The van der Waals surface area contributed by atoms with E-state index in [9.17, 15) is 5.11 Å². The maximum atomic E-state index is 9.18. The molecule has 0 atom stereocenters. The third-order valence-electron chi connectivity index (χ3n) is 5.11. The summed E-state index contributed by atoms with van der Waals surface area (Å²) in [5, 5.41) is 9.18. The Kier molecular flexibility index (Phi) is 4.51. The van der Waals surface area contributed by atoms with Gasteiger partial charge in [0.05, 0.1) is 6.61 Å². The predicted molar refractivity (Wildman–Crippen MR) is 81.6 cm³/mol. The highest BCUT2D eigenvalue weighted by molar-refractivity contribution is 5.54. The van der Waals surface area contributed by atoms with Gasteiger partial charge >= 0.3 is 0 Å². The van der Waals surface area contributed by atoms with Crippen molar-refractivity contribution in [1.82, 2.24) is 0 Å². The molecule has 0 aromatic heterocycles. The molecular weight excluding hydrogens is 234 g/mol. The zero-order valence-corrected chi connectivity index (χ0v) is 12.6. The lowest BCUT2D eigenvalue weighted by molar-refractivity contribution is 0.199. The van der Waals surface area contributed by atoms with Gasteiger partial charge in [0.15, 0.2) is 0 Å². The van der Waals surface area contributed by atoms with Gasteiger partial charge in [-0.2, -0.15) is 0 Å². The fourth-order valence-corrected chi connectivity index (χ4v) is 3.35. The molecular formula is C17H27NO. The van der Waals surface area contributed by atoms with Gasteiger partial charge in [0.1, 0.15) is 0 Å². The quantitative estimate of drug-likeness (QED) is 0.888. The average Bonchev–Trinajstić information content (AvgIpc) is 2.47. The van der Waals surface area contributed by atoms with Gasteiger partial charge in [0.2, 0.25) is 0 Å². The largest absolute Gasteiger partial charge is 0.392 e. The van der Waals surface area contributed by atoms with Crippen molar-refractivity contribution in [3.63, 3.8) is 0 Å². The first kappa shape index (κ1) is 14.4. The fourth-order valence-electron chi connectivity index (χ4n) is 3.35. The Hall–Kier alpha value is -1.02. The normalized spacial score (nSPS) is 18.6. The Balaban J connectivity index is 2.09. The number of rotatable bonds is 4. The third kappa shape index (κ3) is 2.94. The first-order valence-corrected chi connectivity index (χ1v) is 7.59. The molecule has 2 rings (SSSR count). The van der Waals surface area contributed by atoms with Crippen molar-refractivity contribution in [2.75, 3.05) is 18.0 Å². The Morgan fingerprint density at radius 2 is 1.79 bits per heavy atom. The van der Waals surface area contributed by atoms with Gasteiger partial charge in [0.25, 0.3) is 0 Å². The number of anilines is 1. The molecule has 106 valence electrons. The smallest absolute Gasteiger partial charge is 0.0681 e. The van der Waals surface area contributed by atoms with Crippen molar-refractivity contribution in [3.8, 4) is 0 Å². The van der Waals surface area contributed by atoms with Gasteiger partial charge in [-0.1, -0.05) is 38.8 Å². The number of piperidine rings is 1. The van der Waals surface area contributed by atoms with Crippen LogP contribution in [0.5, 0.6) is 0 Å². The Labute approximate surface area is 117 Å². The zero-order chi connectivity index (χ0) is 13.9. The van der Waals surface area contributed by atoms with Crippen LogP contribution in [0.2, 0.25) is 0 Å². The van der Waals surface area contributed by atoms with Crippen molar-refractivity contribution in [1.29, 1.82) is 0 Å². The summed E-state index contributed by atoms with van der Waals surface area (Å²) in [6.45, 7) is 9.29. The number of nitrogens with zero attached hydrogens (tertiary/aromatic N) is 1. The number of hydrogen-bond acceptors (Lipinski definition) is 2. The molecule has 0 spiro atoms. The average molecular weight is 261 g/mol. The lowest BCUT2D eigenvalue weighted by atomic mass is 9.74. The van der Waals surface area contributed by atoms with E-state index in [-0.39, 0.29) is 6.61 Å². The van der Waals surface area contributed by atoms with Crippen LogP contribution >= 0.6 is 0 Å². The number of hydrogen-bond donors (Lipinski definition) is 1. The molecule has 0 saturated carbocycles. The van der Waals surface area contributed by atoms with Crippen molar-refractivity contribution >= 4 is 5.69 Å². The highest BCUT2D eigenvalue weighted by atomic mass is 16.3. The summed E-state index contributed by atoms with van der Waals surface area (Å²) in [5.74, 6) is 0. The first-order chi connectivity index (χ1) is 9.14. The molecule has 0 aliphatic carbocycles. The molecule has 19 heavy (non-hydrogen) atoms. The van der Waals surface area contributed by atoms with Crippen LogP contribution in [0.4, 0.5) is 5.69 Å². The minimum atomic E-state index is 0.135. The second-order valence-electron chi connectivity index (χ2n) is 5.97. The number of aliphatic hydroxyl groups is 1. The van der Waals surface area contributed by atoms with Crippen LogP contribution in [-0.4, -0.2) is 18.2 Å². The minimum Gasteiger partial charge on any atom is -0.392 e. The van der Waals surface area contributed by atoms with E-state index in [1.165, 1.54) is 50.0 Å². The first-order valence-electron chi connectivity index (χ1n) is 7.59. The molecule has 1 N–H and O–H groups in total. The predicted octanol–water partition coefficient (Wildman–Crippen LogP) is 3.89. The van der Waals surface area contributed by atoms with E-state index in [0.717, 1.165) is 5.56 Å². The van der Waals surface area contributed by atoms with Crippen LogP contribution in [0, 0.1) is 12.3 Å². The molecule has 2 heteroatoms. The van der Waals surface area contributed by atoms with Crippen molar-refractivity contribution in [2.24, 2.45) is 5.41 Å². The standard InChI is InChI=1S/C17H27NO/c1-4-17(5-2)8-10-18(11-9-17)16-7-6-15(13-19)12-14(16)3/h6-7,12,19H,4-5,8-11,13H2,1-3H3. The number of aryl methyl sites for hydroxylation is 1. The molecule has 2 nitrogen and oxygen atoms in total.